The molecular formula is C18H16FNO2S. The van der Waals surface area contributed by atoms with Gasteiger partial charge in [0.2, 0.25) is 5.91 Å². The van der Waals surface area contributed by atoms with Gasteiger partial charge in [-0.25, -0.2) is 4.39 Å². The fourth-order valence-electron chi connectivity index (χ4n) is 2.65. The zero-order valence-corrected chi connectivity index (χ0v) is 13.5. The molecule has 1 aliphatic heterocycles. The Labute approximate surface area is 138 Å². The van der Waals surface area contributed by atoms with Crippen molar-refractivity contribution < 1.29 is 14.0 Å². The van der Waals surface area contributed by atoms with Gasteiger partial charge in [-0.3, -0.25) is 9.59 Å². The minimum absolute atomic E-state index is 0.0324. The lowest BCUT2D eigenvalue weighted by Crippen LogP contribution is -2.30. The van der Waals surface area contributed by atoms with Gasteiger partial charge in [0.05, 0.1) is 5.75 Å². The molecule has 0 atom stereocenters. The third-order valence-corrected chi connectivity index (χ3v) is 4.91. The van der Waals surface area contributed by atoms with Gasteiger partial charge in [0, 0.05) is 22.7 Å². The Morgan fingerprint density at radius 3 is 2.74 bits per heavy atom. The fourth-order valence-corrected chi connectivity index (χ4v) is 3.45. The van der Waals surface area contributed by atoms with Crippen molar-refractivity contribution in [2.24, 2.45) is 0 Å². The standard InChI is InChI=1S/C18H16FNO2S/c1-12(21)14-6-7-17(15(19)10-14)23-11-18(22)20-9-8-13-4-2-3-5-16(13)20/h2-7,10H,8-9,11H2,1H3. The van der Waals surface area contributed by atoms with Crippen LogP contribution in [0.15, 0.2) is 47.4 Å². The highest BCUT2D eigenvalue weighted by Crippen LogP contribution is 2.29. The number of para-hydroxylation sites is 1. The van der Waals surface area contributed by atoms with Crippen molar-refractivity contribution >= 4 is 29.1 Å². The number of hydrogen-bond donors (Lipinski definition) is 0. The topological polar surface area (TPSA) is 37.4 Å². The summed E-state index contributed by atoms with van der Waals surface area (Å²) in [6.45, 7) is 2.07. The Kier molecular flexibility index (Phi) is 4.48. The van der Waals surface area contributed by atoms with E-state index in [0.29, 0.717) is 17.0 Å². The van der Waals surface area contributed by atoms with Crippen molar-refractivity contribution in [1.82, 2.24) is 0 Å². The maximum atomic E-state index is 14.0. The van der Waals surface area contributed by atoms with Crippen molar-refractivity contribution in [3.8, 4) is 0 Å². The summed E-state index contributed by atoms with van der Waals surface area (Å²) in [5.74, 6) is -0.498. The highest BCUT2D eigenvalue weighted by atomic mass is 32.2. The lowest BCUT2D eigenvalue weighted by atomic mass is 10.1. The first-order valence-corrected chi connectivity index (χ1v) is 8.36. The van der Waals surface area contributed by atoms with E-state index in [1.54, 1.807) is 17.0 Å². The lowest BCUT2D eigenvalue weighted by molar-refractivity contribution is -0.116. The number of hydrogen-bond acceptors (Lipinski definition) is 3. The third-order valence-electron chi connectivity index (χ3n) is 3.88. The molecule has 1 amide bonds. The Balaban J connectivity index is 1.67. The van der Waals surface area contributed by atoms with Crippen molar-refractivity contribution in [2.75, 3.05) is 17.2 Å². The molecule has 2 aromatic carbocycles. The van der Waals surface area contributed by atoms with E-state index in [1.807, 2.05) is 24.3 Å². The van der Waals surface area contributed by atoms with Crippen molar-refractivity contribution in [3.05, 3.63) is 59.4 Å². The average molecular weight is 329 g/mol. The van der Waals surface area contributed by atoms with Crippen molar-refractivity contribution in [1.29, 1.82) is 0 Å². The zero-order valence-electron chi connectivity index (χ0n) is 12.7. The van der Waals surface area contributed by atoms with Gasteiger partial charge in [-0.1, -0.05) is 24.3 Å². The number of nitrogens with zero attached hydrogens (tertiary/aromatic N) is 1. The molecule has 23 heavy (non-hydrogen) atoms. The number of carbonyl (C=O) groups is 2. The summed E-state index contributed by atoms with van der Waals surface area (Å²) in [4.78, 5) is 25.8. The van der Waals surface area contributed by atoms with Crippen LogP contribution in [0.1, 0.15) is 22.8 Å². The number of ketones is 1. The van der Waals surface area contributed by atoms with E-state index < -0.39 is 5.82 Å². The number of fused-ring (bicyclic) bond motifs is 1. The van der Waals surface area contributed by atoms with Crippen LogP contribution in [0, 0.1) is 5.82 Å². The SMILES string of the molecule is CC(=O)c1ccc(SCC(=O)N2CCc3ccccc32)c(F)c1. The number of halogens is 1. The molecule has 118 valence electrons. The molecule has 1 aliphatic rings. The third kappa shape index (κ3) is 3.29. The minimum Gasteiger partial charge on any atom is -0.311 e. The molecule has 0 aromatic heterocycles. The van der Waals surface area contributed by atoms with Crippen LogP contribution in [0.3, 0.4) is 0 Å². The smallest absolute Gasteiger partial charge is 0.237 e. The van der Waals surface area contributed by atoms with E-state index in [2.05, 4.69) is 0 Å². The Bertz CT molecular complexity index is 775. The van der Waals surface area contributed by atoms with Crippen LogP contribution in [0.5, 0.6) is 0 Å². The molecule has 3 rings (SSSR count). The number of thioether (sulfide) groups is 1. The Morgan fingerprint density at radius 2 is 2.00 bits per heavy atom. The largest absolute Gasteiger partial charge is 0.311 e. The summed E-state index contributed by atoms with van der Waals surface area (Å²) in [7, 11) is 0. The molecular weight excluding hydrogens is 313 g/mol. The first-order chi connectivity index (χ1) is 11.1. The van der Waals surface area contributed by atoms with Crippen LogP contribution >= 0.6 is 11.8 Å². The lowest BCUT2D eigenvalue weighted by Gasteiger charge is -2.17. The predicted octanol–water partition coefficient (Wildman–Crippen LogP) is 3.71. The van der Waals surface area contributed by atoms with Crippen LogP contribution in [-0.4, -0.2) is 24.0 Å². The zero-order chi connectivity index (χ0) is 16.4. The monoisotopic (exact) mass is 329 g/mol. The maximum Gasteiger partial charge on any atom is 0.237 e. The summed E-state index contributed by atoms with van der Waals surface area (Å²) >= 11 is 1.16. The molecule has 0 N–H and O–H groups in total. The normalized spacial score (nSPS) is 13.0. The fraction of sp³-hybridized carbons (Fsp3) is 0.222. The van der Waals surface area contributed by atoms with Crippen LogP contribution < -0.4 is 4.90 Å². The minimum atomic E-state index is -0.461. The number of rotatable bonds is 4. The molecule has 0 aliphatic carbocycles. The highest BCUT2D eigenvalue weighted by molar-refractivity contribution is 8.00. The molecule has 3 nitrogen and oxygen atoms in total. The highest BCUT2D eigenvalue weighted by Gasteiger charge is 2.24. The van der Waals surface area contributed by atoms with E-state index in [-0.39, 0.29) is 17.4 Å². The van der Waals surface area contributed by atoms with Gasteiger partial charge in [-0.2, -0.15) is 0 Å². The van der Waals surface area contributed by atoms with E-state index in [1.165, 1.54) is 18.6 Å². The summed E-state index contributed by atoms with van der Waals surface area (Å²) in [6.07, 6.45) is 0.855. The molecule has 5 heteroatoms. The van der Waals surface area contributed by atoms with E-state index in [4.69, 9.17) is 0 Å². The van der Waals surface area contributed by atoms with Gasteiger partial charge >= 0.3 is 0 Å². The van der Waals surface area contributed by atoms with E-state index in [0.717, 1.165) is 23.9 Å². The number of carbonyl (C=O) groups excluding carboxylic acids is 2. The quantitative estimate of drug-likeness (QED) is 0.634. The van der Waals surface area contributed by atoms with Crippen LogP contribution in [0.2, 0.25) is 0 Å². The van der Waals surface area contributed by atoms with E-state index in [9.17, 15) is 14.0 Å². The maximum absolute atomic E-state index is 14.0. The number of Topliss-reactive ketones (excluding diaryl/α,β-unsaturated/α-hetero) is 1. The van der Waals surface area contributed by atoms with Gasteiger partial charge in [0.1, 0.15) is 5.82 Å². The molecule has 0 spiro atoms. The number of anilines is 1. The molecule has 0 saturated heterocycles. The molecule has 0 radical (unpaired) electrons. The first-order valence-electron chi connectivity index (χ1n) is 7.38. The van der Waals surface area contributed by atoms with Crippen LogP contribution in [0.25, 0.3) is 0 Å². The van der Waals surface area contributed by atoms with Gasteiger partial charge in [-0.05, 0) is 37.1 Å². The molecule has 1 heterocycles. The average Bonchev–Trinajstić information content (AvgIpc) is 2.97. The van der Waals surface area contributed by atoms with E-state index >= 15 is 0 Å². The molecule has 0 saturated carbocycles. The Morgan fingerprint density at radius 1 is 1.22 bits per heavy atom. The van der Waals surface area contributed by atoms with Crippen molar-refractivity contribution in [3.63, 3.8) is 0 Å². The van der Waals surface area contributed by atoms with Crippen molar-refractivity contribution in [2.45, 2.75) is 18.2 Å². The van der Waals surface area contributed by atoms with Gasteiger partial charge in [0.25, 0.3) is 0 Å². The van der Waals surface area contributed by atoms with Gasteiger partial charge in [0.15, 0.2) is 5.78 Å². The Hall–Kier alpha value is -2.14. The van der Waals surface area contributed by atoms with Gasteiger partial charge in [-0.15, -0.1) is 11.8 Å². The second-order valence-electron chi connectivity index (χ2n) is 5.41. The molecule has 0 unspecified atom stereocenters. The second-order valence-corrected chi connectivity index (χ2v) is 6.43. The number of amides is 1. The summed E-state index contributed by atoms with van der Waals surface area (Å²) < 4.78 is 14.0. The first kappa shape index (κ1) is 15.7. The summed E-state index contributed by atoms with van der Waals surface area (Å²) in [5.41, 5.74) is 2.46. The van der Waals surface area contributed by atoms with Crippen LogP contribution in [-0.2, 0) is 11.2 Å². The van der Waals surface area contributed by atoms with Crippen LogP contribution in [0.4, 0.5) is 10.1 Å². The molecule has 2 aromatic rings. The summed E-state index contributed by atoms with van der Waals surface area (Å²) in [5, 5.41) is 0. The predicted molar refractivity (Wildman–Crippen MR) is 89.6 cm³/mol. The molecule has 0 fully saturated rings. The van der Waals surface area contributed by atoms with Gasteiger partial charge < -0.3 is 4.90 Å². The summed E-state index contributed by atoms with van der Waals surface area (Å²) in [6, 6.07) is 12.2. The molecule has 0 bridgehead atoms. The number of benzene rings is 2. The second kappa shape index (κ2) is 6.54.